The fraction of sp³-hybridized carbons (Fsp3) is 0.600. The number of aromatic nitrogens is 2. The SMILES string of the molecule is C=N/C(=C\C(=C(/C)Cl)c1cnn2c1CC(C)(C)C2)NC(=O)[C@H]1CC[C@@H](NC(=O)OC(C)(C)C)C1. The monoisotopic (exact) mass is 489 g/mol. The molecule has 0 spiro atoms. The molecule has 2 amide bonds. The van der Waals surface area contributed by atoms with E-state index in [1.54, 1.807) is 6.08 Å². The lowest BCUT2D eigenvalue weighted by atomic mass is 9.89. The first-order valence-electron chi connectivity index (χ1n) is 11.7. The Morgan fingerprint density at radius 1 is 1.35 bits per heavy atom. The van der Waals surface area contributed by atoms with Crippen LogP contribution in [0.4, 0.5) is 4.79 Å². The number of ether oxygens (including phenoxy) is 1. The Kier molecular flexibility index (Phi) is 7.60. The minimum atomic E-state index is -0.563. The minimum Gasteiger partial charge on any atom is -0.444 e. The predicted molar refractivity (Wildman–Crippen MR) is 134 cm³/mol. The number of hydrogen-bond acceptors (Lipinski definition) is 5. The molecule has 2 atom stereocenters. The van der Waals surface area contributed by atoms with Gasteiger partial charge in [-0.25, -0.2) is 9.79 Å². The van der Waals surface area contributed by atoms with E-state index < -0.39 is 11.7 Å². The second kappa shape index (κ2) is 9.94. The number of nitrogens with one attached hydrogen (secondary N) is 2. The predicted octanol–water partition coefficient (Wildman–Crippen LogP) is 4.79. The molecular formula is C25H36ClN5O3. The molecule has 1 fully saturated rings. The third kappa shape index (κ3) is 6.50. The maximum absolute atomic E-state index is 12.9. The van der Waals surface area contributed by atoms with Gasteiger partial charge in [0, 0.05) is 40.4 Å². The Bertz CT molecular complexity index is 1030. The van der Waals surface area contributed by atoms with Crippen molar-refractivity contribution in [3.63, 3.8) is 0 Å². The number of carbonyl (C=O) groups excluding carboxylic acids is 2. The first-order chi connectivity index (χ1) is 15.8. The van der Waals surface area contributed by atoms with Crippen LogP contribution in [0.2, 0.25) is 0 Å². The molecule has 1 saturated carbocycles. The Balaban J connectivity index is 1.67. The van der Waals surface area contributed by atoms with Gasteiger partial charge in [-0.1, -0.05) is 25.4 Å². The van der Waals surface area contributed by atoms with Gasteiger partial charge in [-0.2, -0.15) is 5.10 Å². The maximum Gasteiger partial charge on any atom is 0.407 e. The van der Waals surface area contributed by atoms with Crippen molar-refractivity contribution in [3.05, 3.63) is 34.4 Å². The lowest BCUT2D eigenvalue weighted by Gasteiger charge is -2.21. The molecule has 1 aromatic heterocycles. The van der Waals surface area contributed by atoms with Crippen LogP contribution < -0.4 is 10.6 Å². The number of halogens is 1. The van der Waals surface area contributed by atoms with Crippen LogP contribution in [-0.2, 0) is 22.5 Å². The number of rotatable bonds is 6. The first kappa shape index (κ1) is 26.0. The highest BCUT2D eigenvalue weighted by Crippen LogP contribution is 2.37. The molecule has 0 unspecified atom stereocenters. The quantitative estimate of drug-likeness (QED) is 0.443. The summed E-state index contributed by atoms with van der Waals surface area (Å²) in [4.78, 5) is 29.0. The van der Waals surface area contributed by atoms with Crippen molar-refractivity contribution in [2.24, 2.45) is 16.3 Å². The molecule has 1 aliphatic heterocycles. The van der Waals surface area contributed by atoms with Crippen LogP contribution in [0, 0.1) is 11.3 Å². The first-order valence-corrected chi connectivity index (χ1v) is 12.1. The van der Waals surface area contributed by atoms with Gasteiger partial charge in [-0.05, 0) is 71.6 Å². The van der Waals surface area contributed by atoms with Crippen molar-refractivity contribution in [2.45, 2.75) is 85.4 Å². The fourth-order valence-corrected chi connectivity index (χ4v) is 4.70. The molecule has 9 heteroatoms. The summed E-state index contributed by atoms with van der Waals surface area (Å²) in [6, 6.07) is -0.103. The van der Waals surface area contributed by atoms with Crippen LogP contribution in [0.3, 0.4) is 0 Å². The van der Waals surface area contributed by atoms with Crippen LogP contribution in [0.5, 0.6) is 0 Å². The van der Waals surface area contributed by atoms with Crippen LogP contribution >= 0.6 is 11.6 Å². The van der Waals surface area contributed by atoms with Crippen LogP contribution in [0.25, 0.3) is 5.57 Å². The number of aliphatic imine (C=N–C) groups is 1. The molecule has 34 heavy (non-hydrogen) atoms. The van der Waals surface area contributed by atoms with Gasteiger partial charge in [0.05, 0.1) is 6.20 Å². The summed E-state index contributed by atoms with van der Waals surface area (Å²) >= 11 is 6.46. The van der Waals surface area contributed by atoms with Gasteiger partial charge in [0.25, 0.3) is 0 Å². The Morgan fingerprint density at radius 2 is 2.06 bits per heavy atom. The van der Waals surface area contributed by atoms with Crippen molar-refractivity contribution >= 4 is 35.9 Å². The van der Waals surface area contributed by atoms with Crippen LogP contribution in [0.1, 0.15) is 72.1 Å². The molecule has 1 aromatic rings. The second-order valence-electron chi connectivity index (χ2n) is 11.0. The zero-order chi connectivity index (χ0) is 25.3. The summed E-state index contributed by atoms with van der Waals surface area (Å²) in [6.07, 6.45) is 5.91. The zero-order valence-electron chi connectivity index (χ0n) is 21.0. The van der Waals surface area contributed by atoms with Crippen molar-refractivity contribution in [3.8, 4) is 0 Å². The maximum atomic E-state index is 12.9. The van der Waals surface area contributed by atoms with E-state index in [0.29, 0.717) is 30.1 Å². The highest BCUT2D eigenvalue weighted by Gasteiger charge is 2.33. The Morgan fingerprint density at radius 3 is 2.68 bits per heavy atom. The molecular weight excluding hydrogens is 454 g/mol. The van der Waals surface area contributed by atoms with Gasteiger partial charge in [0.1, 0.15) is 11.4 Å². The van der Waals surface area contributed by atoms with Gasteiger partial charge in [0.15, 0.2) is 0 Å². The second-order valence-corrected chi connectivity index (χ2v) is 11.5. The lowest BCUT2D eigenvalue weighted by molar-refractivity contribution is -0.124. The topological polar surface area (TPSA) is 97.6 Å². The smallest absolute Gasteiger partial charge is 0.407 e. The summed E-state index contributed by atoms with van der Waals surface area (Å²) in [5.41, 5.74) is 2.40. The van der Waals surface area contributed by atoms with Crippen LogP contribution in [0.15, 0.2) is 28.1 Å². The highest BCUT2D eigenvalue weighted by atomic mass is 35.5. The number of carbonyl (C=O) groups is 2. The van der Waals surface area contributed by atoms with Gasteiger partial charge < -0.3 is 15.4 Å². The van der Waals surface area contributed by atoms with Gasteiger partial charge in [-0.3, -0.25) is 9.48 Å². The standard InChI is InChI=1S/C25H36ClN5O3/c1-15(26)18(19-13-28-31-14-25(5,6)12-20(19)31)11-21(27-7)30-22(32)16-8-9-17(10-16)29-23(33)34-24(2,3)4/h11,13,16-17H,7-10,12,14H2,1-6H3,(H,29,33)(H,30,32)/b18-15-,21-11+/t16-,17+/m0/s1. The van der Waals surface area contributed by atoms with E-state index in [4.69, 9.17) is 16.3 Å². The van der Waals surface area contributed by atoms with Gasteiger partial charge in [0.2, 0.25) is 5.91 Å². The molecule has 1 aliphatic carbocycles. The van der Waals surface area contributed by atoms with Gasteiger partial charge in [-0.15, -0.1) is 0 Å². The molecule has 0 bridgehead atoms. The average Bonchev–Trinajstić information content (AvgIpc) is 3.37. The van der Waals surface area contributed by atoms with E-state index in [-0.39, 0.29) is 23.3 Å². The third-order valence-electron chi connectivity index (χ3n) is 6.06. The molecule has 186 valence electrons. The summed E-state index contributed by atoms with van der Waals surface area (Å²) in [5, 5.41) is 10.8. The van der Waals surface area contributed by atoms with E-state index in [1.807, 2.05) is 38.6 Å². The van der Waals surface area contributed by atoms with Crippen molar-refractivity contribution in [2.75, 3.05) is 0 Å². The van der Waals surface area contributed by atoms with Crippen LogP contribution in [-0.4, -0.2) is 40.1 Å². The van der Waals surface area contributed by atoms with E-state index in [1.165, 1.54) is 0 Å². The summed E-state index contributed by atoms with van der Waals surface area (Å²) < 4.78 is 7.33. The molecule has 0 saturated heterocycles. The fourth-order valence-electron chi connectivity index (χ4n) is 4.55. The average molecular weight is 490 g/mol. The largest absolute Gasteiger partial charge is 0.444 e. The number of fused-ring (bicyclic) bond motifs is 1. The Labute approximate surface area is 206 Å². The molecule has 2 N–H and O–H groups in total. The lowest BCUT2D eigenvalue weighted by Crippen LogP contribution is -2.38. The third-order valence-corrected chi connectivity index (χ3v) is 6.26. The number of allylic oxidation sites excluding steroid dienone is 3. The summed E-state index contributed by atoms with van der Waals surface area (Å²) in [5.74, 6) is -0.0587. The van der Waals surface area contributed by atoms with Gasteiger partial charge >= 0.3 is 6.09 Å². The highest BCUT2D eigenvalue weighted by molar-refractivity contribution is 6.32. The molecule has 0 aromatic carbocycles. The minimum absolute atomic E-state index is 0.103. The molecule has 3 rings (SSSR count). The molecule has 0 radical (unpaired) electrons. The zero-order valence-corrected chi connectivity index (χ0v) is 21.8. The number of amides is 2. The van der Waals surface area contributed by atoms with Crippen molar-refractivity contribution < 1.29 is 14.3 Å². The molecule has 2 heterocycles. The van der Waals surface area contributed by atoms with Crippen molar-refractivity contribution in [1.82, 2.24) is 20.4 Å². The van der Waals surface area contributed by atoms with E-state index in [0.717, 1.165) is 29.8 Å². The van der Waals surface area contributed by atoms with Crippen molar-refractivity contribution in [1.29, 1.82) is 0 Å². The number of alkyl carbamates (subject to hydrolysis) is 1. The number of hydrogen-bond donors (Lipinski definition) is 2. The normalized spacial score (nSPS) is 22.6. The summed E-state index contributed by atoms with van der Waals surface area (Å²) in [6.45, 7) is 16.2. The molecule has 2 aliphatic rings. The van der Waals surface area contributed by atoms with E-state index >= 15 is 0 Å². The summed E-state index contributed by atoms with van der Waals surface area (Å²) in [7, 11) is 0. The van der Waals surface area contributed by atoms with E-state index in [9.17, 15) is 9.59 Å². The molecule has 8 nitrogen and oxygen atoms in total. The van der Waals surface area contributed by atoms with E-state index in [2.05, 4.69) is 41.3 Å². The number of nitrogens with zero attached hydrogens (tertiary/aromatic N) is 3. The Hall–Kier alpha value is -2.61.